The smallest absolute Gasteiger partial charge is 0.326 e. The summed E-state index contributed by atoms with van der Waals surface area (Å²) in [5, 5.41) is 12.3. The summed E-state index contributed by atoms with van der Waals surface area (Å²) in [6, 6.07) is 14.5. The van der Waals surface area contributed by atoms with E-state index in [0.717, 1.165) is 24.9 Å². The van der Waals surface area contributed by atoms with Crippen LogP contribution in [0.4, 0.5) is 16.2 Å². The number of nitrogens with one attached hydrogen (secondary N) is 1. The Morgan fingerprint density at radius 3 is 2.81 bits per heavy atom. The number of benzene rings is 2. The molecular weight excluding hydrogens is 264 g/mol. The highest BCUT2D eigenvalue weighted by Gasteiger charge is 2.20. The van der Waals surface area contributed by atoms with Crippen LogP contribution in [0.5, 0.6) is 5.75 Å². The zero-order valence-corrected chi connectivity index (χ0v) is 11.7. The third-order valence-electron chi connectivity index (χ3n) is 3.70. The van der Waals surface area contributed by atoms with Crippen LogP contribution in [-0.2, 0) is 6.42 Å². The van der Waals surface area contributed by atoms with E-state index in [0.29, 0.717) is 12.2 Å². The van der Waals surface area contributed by atoms with Crippen molar-refractivity contribution >= 4 is 17.4 Å². The summed E-state index contributed by atoms with van der Waals surface area (Å²) in [5.41, 5.74) is 2.79. The molecule has 0 radical (unpaired) electrons. The Balaban J connectivity index is 1.84. The number of aromatic hydroxyl groups is 1. The molecule has 108 valence electrons. The van der Waals surface area contributed by atoms with Crippen molar-refractivity contribution in [3.63, 3.8) is 0 Å². The first-order valence-corrected chi connectivity index (χ1v) is 7.19. The second-order valence-electron chi connectivity index (χ2n) is 5.22. The molecule has 2 N–H and O–H groups in total. The van der Waals surface area contributed by atoms with Gasteiger partial charge in [0.15, 0.2) is 0 Å². The molecule has 4 nitrogen and oxygen atoms in total. The number of carbonyl (C=O) groups excluding carboxylic acids is 1. The molecule has 1 heterocycles. The van der Waals surface area contributed by atoms with Crippen molar-refractivity contribution in [1.29, 1.82) is 0 Å². The molecule has 2 amide bonds. The summed E-state index contributed by atoms with van der Waals surface area (Å²) in [7, 11) is 0. The third kappa shape index (κ3) is 2.99. The van der Waals surface area contributed by atoms with E-state index in [9.17, 15) is 9.90 Å². The predicted molar refractivity (Wildman–Crippen MR) is 83.9 cm³/mol. The zero-order chi connectivity index (χ0) is 14.7. The molecule has 1 aliphatic heterocycles. The Kier molecular flexibility index (Phi) is 3.77. The number of nitrogens with zero attached hydrogens (tertiary/aromatic N) is 1. The largest absolute Gasteiger partial charge is 0.508 e. The highest BCUT2D eigenvalue weighted by Crippen LogP contribution is 2.27. The maximum Gasteiger partial charge on any atom is 0.326 e. The van der Waals surface area contributed by atoms with E-state index in [1.165, 1.54) is 5.56 Å². The van der Waals surface area contributed by atoms with Gasteiger partial charge in [-0.3, -0.25) is 4.90 Å². The van der Waals surface area contributed by atoms with Crippen molar-refractivity contribution in [2.75, 3.05) is 16.8 Å². The number of anilines is 2. The molecule has 4 heteroatoms. The molecule has 0 spiro atoms. The number of phenolic OH excluding ortho intramolecular Hbond substituents is 1. The minimum Gasteiger partial charge on any atom is -0.508 e. The van der Waals surface area contributed by atoms with Gasteiger partial charge in [-0.2, -0.15) is 0 Å². The Morgan fingerprint density at radius 2 is 1.95 bits per heavy atom. The van der Waals surface area contributed by atoms with Crippen LogP contribution < -0.4 is 10.2 Å². The van der Waals surface area contributed by atoms with Crippen molar-refractivity contribution in [3.05, 3.63) is 54.1 Å². The summed E-state index contributed by atoms with van der Waals surface area (Å²) in [4.78, 5) is 14.3. The summed E-state index contributed by atoms with van der Waals surface area (Å²) in [5.74, 6) is 0.143. The van der Waals surface area contributed by atoms with Crippen molar-refractivity contribution in [2.24, 2.45) is 0 Å². The fourth-order valence-corrected chi connectivity index (χ4v) is 2.68. The van der Waals surface area contributed by atoms with Crippen LogP contribution in [0, 0.1) is 0 Å². The molecule has 0 saturated heterocycles. The second-order valence-corrected chi connectivity index (χ2v) is 5.22. The number of para-hydroxylation sites is 1. The van der Waals surface area contributed by atoms with Gasteiger partial charge in [-0.15, -0.1) is 0 Å². The first-order valence-electron chi connectivity index (χ1n) is 7.19. The first-order chi connectivity index (χ1) is 10.2. The first kappa shape index (κ1) is 13.5. The standard InChI is InChI=1S/C17H18N2O2/c20-15-9-5-8-14(12-15)18-17(21)19-11-4-3-7-13-6-1-2-10-16(13)19/h1-2,5-6,8-10,12,20H,3-4,7,11H2,(H,18,21). The number of carbonyl (C=O) groups is 1. The van der Waals surface area contributed by atoms with E-state index in [1.807, 2.05) is 18.2 Å². The number of hydrogen-bond donors (Lipinski definition) is 2. The van der Waals surface area contributed by atoms with Crippen molar-refractivity contribution in [3.8, 4) is 5.75 Å². The maximum atomic E-state index is 12.5. The number of hydrogen-bond acceptors (Lipinski definition) is 2. The molecule has 0 unspecified atom stereocenters. The van der Waals surface area contributed by atoms with Gasteiger partial charge in [0.2, 0.25) is 0 Å². The Bertz CT molecular complexity index is 655. The number of fused-ring (bicyclic) bond motifs is 1. The molecule has 0 atom stereocenters. The van der Waals surface area contributed by atoms with E-state index in [2.05, 4.69) is 11.4 Å². The number of phenols is 1. The number of aryl methyl sites for hydroxylation is 1. The lowest BCUT2D eigenvalue weighted by Gasteiger charge is -2.23. The van der Waals surface area contributed by atoms with Crippen LogP contribution in [-0.4, -0.2) is 17.7 Å². The van der Waals surface area contributed by atoms with Crippen molar-refractivity contribution in [2.45, 2.75) is 19.3 Å². The lowest BCUT2D eigenvalue weighted by atomic mass is 10.1. The van der Waals surface area contributed by atoms with E-state index >= 15 is 0 Å². The van der Waals surface area contributed by atoms with Gasteiger partial charge in [0, 0.05) is 24.0 Å². The van der Waals surface area contributed by atoms with Gasteiger partial charge in [-0.1, -0.05) is 24.3 Å². The molecule has 0 fully saturated rings. The number of urea groups is 1. The van der Waals surface area contributed by atoms with Crippen LogP contribution in [0.3, 0.4) is 0 Å². The number of rotatable bonds is 1. The van der Waals surface area contributed by atoms with E-state index < -0.39 is 0 Å². The van der Waals surface area contributed by atoms with E-state index in [1.54, 1.807) is 29.2 Å². The van der Waals surface area contributed by atoms with Gasteiger partial charge in [0.05, 0.1) is 0 Å². The van der Waals surface area contributed by atoms with Gasteiger partial charge in [-0.05, 0) is 43.0 Å². The van der Waals surface area contributed by atoms with Gasteiger partial charge >= 0.3 is 6.03 Å². The summed E-state index contributed by atoms with van der Waals surface area (Å²) < 4.78 is 0. The lowest BCUT2D eigenvalue weighted by molar-refractivity contribution is 0.257. The monoisotopic (exact) mass is 282 g/mol. The van der Waals surface area contributed by atoms with E-state index in [4.69, 9.17) is 0 Å². The summed E-state index contributed by atoms with van der Waals surface area (Å²) in [6.45, 7) is 0.710. The summed E-state index contributed by atoms with van der Waals surface area (Å²) in [6.07, 6.45) is 3.08. The topological polar surface area (TPSA) is 52.6 Å². The molecular formula is C17H18N2O2. The molecule has 0 saturated carbocycles. The molecule has 3 rings (SSSR count). The molecule has 21 heavy (non-hydrogen) atoms. The average molecular weight is 282 g/mol. The predicted octanol–water partition coefficient (Wildman–Crippen LogP) is 3.77. The highest BCUT2D eigenvalue weighted by atomic mass is 16.3. The number of amides is 2. The maximum absolute atomic E-state index is 12.5. The van der Waals surface area contributed by atoms with Gasteiger partial charge < -0.3 is 10.4 Å². The second kappa shape index (κ2) is 5.87. The van der Waals surface area contributed by atoms with Crippen molar-refractivity contribution in [1.82, 2.24) is 0 Å². The van der Waals surface area contributed by atoms with Crippen LogP contribution in [0.2, 0.25) is 0 Å². The molecule has 2 aromatic carbocycles. The summed E-state index contributed by atoms with van der Waals surface area (Å²) >= 11 is 0. The SMILES string of the molecule is O=C(Nc1cccc(O)c1)N1CCCCc2ccccc21. The fraction of sp³-hybridized carbons (Fsp3) is 0.235. The molecule has 0 aromatic heterocycles. The Labute approximate surface area is 124 Å². The lowest BCUT2D eigenvalue weighted by Crippen LogP contribution is -2.35. The van der Waals surface area contributed by atoms with Gasteiger partial charge in [0.25, 0.3) is 0 Å². The van der Waals surface area contributed by atoms with Crippen LogP contribution in [0.25, 0.3) is 0 Å². The average Bonchev–Trinajstić information content (AvgIpc) is 2.69. The molecule has 0 bridgehead atoms. The van der Waals surface area contributed by atoms with Crippen LogP contribution >= 0.6 is 0 Å². The molecule has 2 aromatic rings. The minimum atomic E-state index is -0.157. The molecule has 1 aliphatic rings. The quantitative estimate of drug-likeness (QED) is 0.836. The molecule has 0 aliphatic carbocycles. The third-order valence-corrected chi connectivity index (χ3v) is 3.70. The van der Waals surface area contributed by atoms with Crippen molar-refractivity contribution < 1.29 is 9.90 Å². The fourth-order valence-electron chi connectivity index (χ4n) is 2.68. The van der Waals surface area contributed by atoms with Gasteiger partial charge in [0.1, 0.15) is 5.75 Å². The van der Waals surface area contributed by atoms with Gasteiger partial charge in [-0.25, -0.2) is 4.79 Å². The van der Waals surface area contributed by atoms with E-state index in [-0.39, 0.29) is 11.8 Å². The van der Waals surface area contributed by atoms with Crippen LogP contribution in [0.15, 0.2) is 48.5 Å². The Morgan fingerprint density at radius 1 is 1.10 bits per heavy atom. The normalized spacial score (nSPS) is 14.2. The zero-order valence-electron chi connectivity index (χ0n) is 11.7. The highest BCUT2D eigenvalue weighted by molar-refractivity contribution is 6.02. The van der Waals surface area contributed by atoms with Crippen LogP contribution in [0.1, 0.15) is 18.4 Å². The minimum absolute atomic E-state index is 0.143. The Hall–Kier alpha value is -2.49.